The van der Waals surface area contributed by atoms with Crippen LogP contribution in [0.4, 0.5) is 0 Å². The zero-order chi connectivity index (χ0) is 16.6. The number of thiophene rings is 1. The number of amides is 2. The Kier molecular flexibility index (Phi) is 4.46. The van der Waals surface area contributed by atoms with E-state index in [1.807, 2.05) is 21.7 Å². The second kappa shape index (κ2) is 6.24. The highest BCUT2D eigenvalue weighted by Crippen LogP contribution is 2.32. The summed E-state index contributed by atoms with van der Waals surface area (Å²) in [7, 11) is -3.11. The van der Waals surface area contributed by atoms with Gasteiger partial charge in [-0.3, -0.25) is 9.59 Å². The summed E-state index contributed by atoms with van der Waals surface area (Å²) < 4.78 is 22.3. The average Bonchev–Trinajstić information content (AvgIpc) is 3.17. The lowest BCUT2D eigenvalue weighted by molar-refractivity contribution is -0.130. The number of carbonyl (C=O) groups excluding carboxylic acids is 2. The summed E-state index contributed by atoms with van der Waals surface area (Å²) in [6.45, 7) is 2.60. The van der Waals surface area contributed by atoms with Crippen molar-refractivity contribution in [2.24, 2.45) is 11.8 Å². The van der Waals surface area contributed by atoms with Crippen molar-refractivity contribution in [1.82, 2.24) is 9.80 Å². The smallest absolute Gasteiger partial charge is 0.254 e. The summed E-state index contributed by atoms with van der Waals surface area (Å²) in [5.41, 5.74) is 0.732. The van der Waals surface area contributed by atoms with E-state index < -0.39 is 9.84 Å². The van der Waals surface area contributed by atoms with E-state index in [0.29, 0.717) is 38.0 Å². The van der Waals surface area contributed by atoms with Crippen molar-refractivity contribution in [2.75, 3.05) is 38.2 Å². The molecule has 3 rings (SSSR count). The van der Waals surface area contributed by atoms with Gasteiger partial charge in [0.05, 0.1) is 11.3 Å². The highest BCUT2D eigenvalue weighted by molar-refractivity contribution is 7.90. The third-order valence-corrected chi connectivity index (χ3v) is 6.21. The van der Waals surface area contributed by atoms with Gasteiger partial charge in [-0.05, 0) is 11.4 Å². The molecule has 1 aromatic heterocycles. The Hall–Kier alpha value is -1.41. The number of hydrogen-bond donors (Lipinski definition) is 0. The van der Waals surface area contributed by atoms with Crippen molar-refractivity contribution in [3.8, 4) is 0 Å². The third-order valence-electron chi connectivity index (χ3n) is 4.58. The van der Waals surface area contributed by atoms with Gasteiger partial charge in [-0.25, -0.2) is 8.42 Å². The topological polar surface area (TPSA) is 74.8 Å². The Morgan fingerprint density at radius 2 is 1.78 bits per heavy atom. The molecule has 6 nitrogen and oxygen atoms in total. The molecular weight excluding hydrogens is 336 g/mol. The average molecular weight is 356 g/mol. The van der Waals surface area contributed by atoms with Gasteiger partial charge in [0, 0.05) is 56.1 Å². The highest BCUT2D eigenvalue weighted by atomic mass is 32.2. The molecule has 0 aromatic carbocycles. The van der Waals surface area contributed by atoms with E-state index in [0.717, 1.165) is 11.8 Å². The van der Waals surface area contributed by atoms with Crippen molar-refractivity contribution in [3.63, 3.8) is 0 Å². The van der Waals surface area contributed by atoms with E-state index in [9.17, 15) is 18.0 Å². The van der Waals surface area contributed by atoms with E-state index >= 15 is 0 Å². The maximum absolute atomic E-state index is 12.4. The third kappa shape index (κ3) is 3.74. The molecule has 1 aromatic rings. The van der Waals surface area contributed by atoms with Crippen LogP contribution in [-0.4, -0.2) is 68.2 Å². The zero-order valence-corrected chi connectivity index (χ0v) is 14.6. The fraction of sp³-hybridized carbons (Fsp3) is 0.600. The largest absolute Gasteiger partial charge is 0.342 e. The minimum atomic E-state index is -3.11. The molecule has 0 spiro atoms. The standard InChI is InChI=1S/C15H20N2O4S2/c1-23(20,21)5-3-14(18)16-6-12-8-17(9-13(12)7-16)15(19)11-2-4-22-10-11/h2,4,10,12-13H,3,5-9H2,1H3. The molecule has 2 atom stereocenters. The normalized spacial score (nSPS) is 24.0. The number of likely N-dealkylation sites (tertiary alicyclic amines) is 2. The van der Waals surface area contributed by atoms with Crippen molar-refractivity contribution in [2.45, 2.75) is 6.42 Å². The first kappa shape index (κ1) is 16.4. The van der Waals surface area contributed by atoms with Crippen LogP contribution < -0.4 is 0 Å². The quantitative estimate of drug-likeness (QED) is 0.796. The summed E-state index contributed by atoms with van der Waals surface area (Å²) >= 11 is 1.51. The van der Waals surface area contributed by atoms with Crippen LogP contribution in [-0.2, 0) is 14.6 Å². The maximum Gasteiger partial charge on any atom is 0.254 e. The summed E-state index contributed by atoms with van der Waals surface area (Å²) in [5, 5.41) is 3.75. The van der Waals surface area contributed by atoms with Crippen LogP contribution in [0.15, 0.2) is 16.8 Å². The first-order valence-electron chi connectivity index (χ1n) is 7.60. The molecule has 3 heterocycles. The Bertz CT molecular complexity index is 685. The van der Waals surface area contributed by atoms with Crippen LogP contribution in [0, 0.1) is 11.8 Å². The van der Waals surface area contributed by atoms with Gasteiger partial charge >= 0.3 is 0 Å². The fourth-order valence-corrected chi connectivity index (χ4v) is 4.54. The molecule has 2 saturated heterocycles. The highest BCUT2D eigenvalue weighted by Gasteiger charge is 2.43. The Balaban J connectivity index is 1.53. The molecule has 0 radical (unpaired) electrons. The molecule has 0 aliphatic carbocycles. The number of sulfone groups is 1. The molecule has 2 aliphatic rings. The minimum absolute atomic E-state index is 0.0514. The second-order valence-electron chi connectivity index (χ2n) is 6.42. The van der Waals surface area contributed by atoms with Gasteiger partial charge in [0.25, 0.3) is 5.91 Å². The summed E-state index contributed by atoms with van der Waals surface area (Å²) in [6, 6.07) is 1.84. The van der Waals surface area contributed by atoms with E-state index in [4.69, 9.17) is 0 Å². The van der Waals surface area contributed by atoms with Gasteiger partial charge < -0.3 is 9.80 Å². The minimum Gasteiger partial charge on any atom is -0.342 e. The Labute approximate surface area is 140 Å². The Morgan fingerprint density at radius 1 is 1.17 bits per heavy atom. The summed E-state index contributed by atoms with van der Waals surface area (Å²) in [4.78, 5) is 28.1. The maximum atomic E-state index is 12.4. The molecule has 126 valence electrons. The van der Waals surface area contributed by atoms with Crippen LogP contribution in [0.1, 0.15) is 16.8 Å². The molecule has 0 N–H and O–H groups in total. The lowest BCUT2D eigenvalue weighted by atomic mass is 10.0. The van der Waals surface area contributed by atoms with E-state index in [1.165, 1.54) is 11.3 Å². The first-order chi connectivity index (χ1) is 10.8. The number of fused-ring (bicyclic) bond motifs is 1. The molecule has 2 amide bonds. The van der Waals surface area contributed by atoms with Gasteiger partial charge in [-0.1, -0.05) is 0 Å². The molecule has 2 aliphatic heterocycles. The second-order valence-corrected chi connectivity index (χ2v) is 9.46. The lowest BCUT2D eigenvalue weighted by Gasteiger charge is -2.21. The van der Waals surface area contributed by atoms with Gasteiger partial charge in [-0.2, -0.15) is 11.3 Å². The fourth-order valence-electron chi connectivity index (χ4n) is 3.36. The summed E-state index contributed by atoms with van der Waals surface area (Å²) in [6.07, 6.45) is 1.20. The van der Waals surface area contributed by atoms with Crippen molar-refractivity contribution in [3.05, 3.63) is 22.4 Å². The van der Waals surface area contributed by atoms with Gasteiger partial charge in [0.2, 0.25) is 5.91 Å². The number of rotatable bonds is 4. The van der Waals surface area contributed by atoms with E-state index in [2.05, 4.69) is 0 Å². The molecule has 23 heavy (non-hydrogen) atoms. The SMILES string of the molecule is CS(=O)(=O)CCC(=O)N1CC2CN(C(=O)c3ccsc3)CC2C1. The predicted octanol–water partition coefficient (Wildman–Crippen LogP) is 0.713. The predicted molar refractivity (Wildman–Crippen MR) is 88.1 cm³/mol. The molecule has 0 saturated carbocycles. The van der Waals surface area contributed by atoms with E-state index in [-0.39, 0.29) is 24.0 Å². The molecule has 8 heteroatoms. The van der Waals surface area contributed by atoms with Crippen LogP contribution in [0.2, 0.25) is 0 Å². The van der Waals surface area contributed by atoms with Crippen LogP contribution >= 0.6 is 11.3 Å². The van der Waals surface area contributed by atoms with Gasteiger partial charge in [0.15, 0.2) is 0 Å². The number of hydrogen-bond acceptors (Lipinski definition) is 5. The number of nitrogens with zero attached hydrogens (tertiary/aromatic N) is 2. The molecule has 0 bridgehead atoms. The van der Waals surface area contributed by atoms with Gasteiger partial charge in [-0.15, -0.1) is 0 Å². The van der Waals surface area contributed by atoms with Crippen LogP contribution in [0.3, 0.4) is 0 Å². The van der Waals surface area contributed by atoms with Gasteiger partial charge in [0.1, 0.15) is 9.84 Å². The van der Waals surface area contributed by atoms with Crippen molar-refractivity contribution < 1.29 is 18.0 Å². The van der Waals surface area contributed by atoms with E-state index in [1.54, 1.807) is 4.90 Å². The number of carbonyl (C=O) groups is 2. The lowest BCUT2D eigenvalue weighted by Crippen LogP contribution is -2.36. The zero-order valence-electron chi connectivity index (χ0n) is 13.0. The molecule has 2 fully saturated rings. The summed E-state index contributed by atoms with van der Waals surface area (Å²) in [5.74, 6) is 0.483. The molecule has 2 unspecified atom stereocenters. The first-order valence-corrected chi connectivity index (χ1v) is 10.6. The van der Waals surface area contributed by atoms with Crippen LogP contribution in [0.5, 0.6) is 0 Å². The monoisotopic (exact) mass is 356 g/mol. The van der Waals surface area contributed by atoms with Crippen molar-refractivity contribution >= 4 is 33.0 Å². The van der Waals surface area contributed by atoms with Crippen LogP contribution in [0.25, 0.3) is 0 Å². The van der Waals surface area contributed by atoms with Crippen molar-refractivity contribution in [1.29, 1.82) is 0 Å². The Morgan fingerprint density at radius 3 is 2.30 bits per heavy atom. The molecular formula is C15H20N2O4S2.